The van der Waals surface area contributed by atoms with E-state index in [1.807, 2.05) is 18.2 Å². The van der Waals surface area contributed by atoms with Crippen molar-refractivity contribution in [2.45, 2.75) is 0 Å². The topological polar surface area (TPSA) is 9.23 Å². The van der Waals surface area contributed by atoms with Gasteiger partial charge in [0, 0.05) is 0 Å². The Morgan fingerprint density at radius 2 is 1.60 bits per heavy atom. The molecular formula is C19H16O. The summed E-state index contributed by atoms with van der Waals surface area (Å²) in [7, 11) is 1.69. The number of methoxy groups -OCH3 is 1. The lowest BCUT2D eigenvalue weighted by Crippen LogP contribution is -1.82. The van der Waals surface area contributed by atoms with Crippen LogP contribution >= 0.6 is 0 Å². The third-order valence-corrected chi connectivity index (χ3v) is 3.37. The van der Waals surface area contributed by atoms with Gasteiger partial charge in [0.15, 0.2) is 0 Å². The van der Waals surface area contributed by atoms with Gasteiger partial charge in [-0.3, -0.25) is 0 Å². The Balaban J connectivity index is 1.98. The third kappa shape index (κ3) is 2.57. The van der Waals surface area contributed by atoms with Crippen molar-refractivity contribution in [3.8, 4) is 5.75 Å². The molecule has 98 valence electrons. The number of benzene rings is 3. The molecule has 0 fully saturated rings. The normalized spacial score (nSPS) is 11.1. The van der Waals surface area contributed by atoms with Crippen LogP contribution in [0.2, 0.25) is 0 Å². The number of rotatable bonds is 3. The molecule has 1 nitrogen and oxygen atoms in total. The van der Waals surface area contributed by atoms with Gasteiger partial charge < -0.3 is 4.74 Å². The minimum atomic E-state index is 0.880. The molecule has 3 rings (SSSR count). The van der Waals surface area contributed by atoms with E-state index in [9.17, 15) is 0 Å². The fourth-order valence-corrected chi connectivity index (χ4v) is 2.33. The van der Waals surface area contributed by atoms with Gasteiger partial charge in [-0.25, -0.2) is 0 Å². The Labute approximate surface area is 119 Å². The summed E-state index contributed by atoms with van der Waals surface area (Å²) < 4.78 is 5.24. The van der Waals surface area contributed by atoms with E-state index in [0.717, 1.165) is 11.3 Å². The van der Waals surface area contributed by atoms with Gasteiger partial charge in [0.25, 0.3) is 0 Å². The van der Waals surface area contributed by atoms with Crippen LogP contribution in [0.5, 0.6) is 5.75 Å². The first-order chi connectivity index (χ1) is 9.86. The van der Waals surface area contributed by atoms with Crippen molar-refractivity contribution in [3.63, 3.8) is 0 Å². The van der Waals surface area contributed by atoms with Crippen LogP contribution in [0.3, 0.4) is 0 Å². The van der Waals surface area contributed by atoms with E-state index in [2.05, 4.69) is 60.7 Å². The second kappa shape index (κ2) is 5.62. The van der Waals surface area contributed by atoms with E-state index in [-0.39, 0.29) is 0 Å². The molecule has 0 aliphatic rings. The SMILES string of the molecule is COc1cccc(/C=C/c2cccc3ccccc23)c1. The van der Waals surface area contributed by atoms with Crippen molar-refractivity contribution in [1.29, 1.82) is 0 Å². The summed E-state index contributed by atoms with van der Waals surface area (Å²) >= 11 is 0. The largest absolute Gasteiger partial charge is 0.497 e. The van der Waals surface area contributed by atoms with E-state index < -0.39 is 0 Å². The summed E-state index contributed by atoms with van der Waals surface area (Å²) in [6, 6.07) is 22.9. The van der Waals surface area contributed by atoms with Crippen molar-refractivity contribution in [1.82, 2.24) is 0 Å². The molecule has 0 saturated heterocycles. The molecule has 0 spiro atoms. The summed E-state index contributed by atoms with van der Waals surface area (Å²) in [5, 5.41) is 2.54. The van der Waals surface area contributed by atoms with Gasteiger partial charge in [-0.15, -0.1) is 0 Å². The molecule has 0 aromatic heterocycles. The van der Waals surface area contributed by atoms with Gasteiger partial charge in [-0.05, 0) is 34.0 Å². The van der Waals surface area contributed by atoms with Gasteiger partial charge >= 0.3 is 0 Å². The molecule has 1 heteroatoms. The van der Waals surface area contributed by atoms with Crippen LogP contribution in [0.15, 0.2) is 66.7 Å². The molecule has 0 bridgehead atoms. The van der Waals surface area contributed by atoms with E-state index in [1.54, 1.807) is 7.11 Å². The highest BCUT2D eigenvalue weighted by Crippen LogP contribution is 2.21. The maximum absolute atomic E-state index is 5.24. The van der Waals surface area contributed by atoms with Crippen LogP contribution in [0, 0.1) is 0 Å². The molecule has 0 N–H and O–H groups in total. The highest BCUT2D eigenvalue weighted by atomic mass is 16.5. The summed E-state index contributed by atoms with van der Waals surface area (Å²) in [5.41, 5.74) is 2.36. The molecule has 0 radical (unpaired) electrons. The number of ether oxygens (including phenoxy) is 1. The van der Waals surface area contributed by atoms with Crippen LogP contribution < -0.4 is 4.74 Å². The lowest BCUT2D eigenvalue weighted by atomic mass is 10.0. The van der Waals surface area contributed by atoms with Gasteiger partial charge in [0.05, 0.1) is 7.11 Å². The highest BCUT2D eigenvalue weighted by Gasteiger charge is 1.97. The fourth-order valence-electron chi connectivity index (χ4n) is 2.33. The van der Waals surface area contributed by atoms with Crippen molar-refractivity contribution >= 4 is 22.9 Å². The summed E-state index contributed by atoms with van der Waals surface area (Å²) in [6.07, 6.45) is 4.27. The summed E-state index contributed by atoms with van der Waals surface area (Å²) in [4.78, 5) is 0. The van der Waals surface area contributed by atoms with Crippen molar-refractivity contribution in [2.75, 3.05) is 7.11 Å². The van der Waals surface area contributed by atoms with Crippen LogP contribution in [0.25, 0.3) is 22.9 Å². The van der Waals surface area contributed by atoms with Gasteiger partial charge in [-0.1, -0.05) is 66.7 Å². The van der Waals surface area contributed by atoms with Crippen molar-refractivity contribution < 1.29 is 4.74 Å². The molecule has 0 saturated carbocycles. The standard InChI is InChI=1S/C19H16O/c1-20-18-10-4-6-15(14-18)12-13-17-9-5-8-16-7-2-3-11-19(16)17/h2-14H,1H3/b13-12+. The smallest absolute Gasteiger partial charge is 0.119 e. The number of hydrogen-bond donors (Lipinski definition) is 0. The molecule has 0 amide bonds. The second-order valence-electron chi connectivity index (χ2n) is 4.68. The van der Waals surface area contributed by atoms with E-state index in [0.29, 0.717) is 0 Å². The van der Waals surface area contributed by atoms with Crippen LogP contribution in [0.4, 0.5) is 0 Å². The highest BCUT2D eigenvalue weighted by molar-refractivity contribution is 5.92. The van der Waals surface area contributed by atoms with Crippen LogP contribution in [-0.2, 0) is 0 Å². The predicted octanol–water partition coefficient (Wildman–Crippen LogP) is 5.02. The maximum Gasteiger partial charge on any atom is 0.119 e. The van der Waals surface area contributed by atoms with Crippen LogP contribution in [-0.4, -0.2) is 7.11 Å². The number of fused-ring (bicyclic) bond motifs is 1. The first kappa shape index (κ1) is 12.5. The van der Waals surface area contributed by atoms with Gasteiger partial charge in [-0.2, -0.15) is 0 Å². The van der Waals surface area contributed by atoms with Crippen LogP contribution in [0.1, 0.15) is 11.1 Å². The lowest BCUT2D eigenvalue weighted by molar-refractivity contribution is 0.414. The summed E-state index contributed by atoms with van der Waals surface area (Å²) in [5.74, 6) is 0.880. The Kier molecular flexibility index (Phi) is 3.51. The average Bonchev–Trinajstić information content (AvgIpc) is 2.53. The zero-order valence-electron chi connectivity index (χ0n) is 11.4. The molecule has 0 heterocycles. The van der Waals surface area contributed by atoms with Gasteiger partial charge in [0.2, 0.25) is 0 Å². The minimum absolute atomic E-state index is 0.880. The predicted molar refractivity (Wildman–Crippen MR) is 85.9 cm³/mol. The first-order valence-corrected chi connectivity index (χ1v) is 6.67. The molecule has 0 unspecified atom stereocenters. The monoisotopic (exact) mass is 260 g/mol. The Bertz CT molecular complexity index is 751. The molecule has 20 heavy (non-hydrogen) atoms. The van der Waals surface area contributed by atoms with E-state index in [1.165, 1.54) is 16.3 Å². The fraction of sp³-hybridized carbons (Fsp3) is 0.0526. The van der Waals surface area contributed by atoms with E-state index in [4.69, 9.17) is 4.74 Å². The number of hydrogen-bond acceptors (Lipinski definition) is 1. The molecule has 3 aromatic rings. The maximum atomic E-state index is 5.24. The minimum Gasteiger partial charge on any atom is -0.497 e. The average molecular weight is 260 g/mol. The molecule has 0 aliphatic carbocycles. The Morgan fingerprint density at radius 3 is 2.50 bits per heavy atom. The molecule has 0 atom stereocenters. The van der Waals surface area contributed by atoms with Gasteiger partial charge in [0.1, 0.15) is 5.75 Å². The molecule has 0 aliphatic heterocycles. The lowest BCUT2D eigenvalue weighted by Gasteiger charge is -2.02. The Hall–Kier alpha value is -2.54. The zero-order chi connectivity index (χ0) is 13.8. The van der Waals surface area contributed by atoms with E-state index >= 15 is 0 Å². The van der Waals surface area contributed by atoms with Crippen molar-refractivity contribution in [3.05, 3.63) is 77.9 Å². The summed E-state index contributed by atoms with van der Waals surface area (Å²) in [6.45, 7) is 0. The third-order valence-electron chi connectivity index (χ3n) is 3.37. The Morgan fingerprint density at radius 1 is 0.800 bits per heavy atom. The second-order valence-corrected chi connectivity index (χ2v) is 4.68. The quantitative estimate of drug-likeness (QED) is 0.601. The molecular weight excluding hydrogens is 244 g/mol. The molecule has 3 aromatic carbocycles. The van der Waals surface area contributed by atoms with Crippen molar-refractivity contribution in [2.24, 2.45) is 0 Å². The zero-order valence-corrected chi connectivity index (χ0v) is 11.4. The first-order valence-electron chi connectivity index (χ1n) is 6.67.